The molecule has 0 radical (unpaired) electrons. The van der Waals surface area contributed by atoms with Gasteiger partial charge in [0.25, 0.3) is 5.92 Å². The van der Waals surface area contributed by atoms with Crippen LogP contribution in [0.25, 0.3) is 0 Å². The van der Waals surface area contributed by atoms with E-state index in [9.17, 15) is 21.7 Å². The van der Waals surface area contributed by atoms with Gasteiger partial charge in [-0.1, -0.05) is 12.7 Å². The third kappa shape index (κ3) is 2.67. The minimum atomic E-state index is -4.87. The number of halogens is 5. The lowest BCUT2D eigenvalue weighted by Gasteiger charge is -2.11. The molecule has 1 rings (SSSR count). The average molecular weight is 173 g/mol. The number of alkyl halides is 2. The molecule has 0 amide bonds. The van der Waals surface area contributed by atoms with E-state index in [-0.39, 0.29) is 6.42 Å². The molecule has 1 unspecified atom stereocenters. The zero-order valence-electron chi connectivity index (χ0n) is 5.67. The normalized spacial score (nSPS) is 28.6. The lowest BCUT2D eigenvalue weighted by molar-refractivity contribution is 0.0977. The maximum atomic E-state index is 12.0. The van der Waals surface area contributed by atoms with E-state index >= 15 is 0 Å². The van der Waals surface area contributed by atoms with Crippen LogP contribution in [0.15, 0.2) is 0 Å². The Balaban J connectivity index is 2.16. The Bertz CT molecular complexity index is 151. The standard InChI is InChI=1S/C5H7BF5/c7-5(8)3-4(5)1-2-6(9,10)11/h4H,1-3H2/q-1. The van der Waals surface area contributed by atoms with Gasteiger partial charge in [-0.2, -0.15) is 0 Å². The minimum absolute atomic E-state index is 0.362. The van der Waals surface area contributed by atoms with E-state index in [1.807, 2.05) is 0 Å². The molecule has 0 spiro atoms. The van der Waals surface area contributed by atoms with Crippen LogP contribution in [0.1, 0.15) is 12.8 Å². The molecule has 0 aromatic carbocycles. The minimum Gasteiger partial charge on any atom is -0.449 e. The van der Waals surface area contributed by atoms with E-state index in [0.717, 1.165) is 0 Å². The molecule has 6 heteroatoms. The molecule has 0 saturated heterocycles. The van der Waals surface area contributed by atoms with Crippen molar-refractivity contribution in [1.82, 2.24) is 0 Å². The second kappa shape index (κ2) is 2.35. The molecule has 0 heterocycles. The highest BCUT2D eigenvalue weighted by Crippen LogP contribution is 2.51. The van der Waals surface area contributed by atoms with E-state index in [0.29, 0.717) is 0 Å². The highest BCUT2D eigenvalue weighted by Gasteiger charge is 2.56. The molecule has 0 nitrogen and oxygen atoms in total. The van der Waals surface area contributed by atoms with Crippen LogP contribution in [0.2, 0.25) is 6.32 Å². The largest absolute Gasteiger partial charge is 0.478 e. The van der Waals surface area contributed by atoms with E-state index in [1.165, 1.54) is 0 Å². The topological polar surface area (TPSA) is 0 Å². The van der Waals surface area contributed by atoms with Gasteiger partial charge < -0.3 is 12.9 Å². The van der Waals surface area contributed by atoms with Crippen molar-refractivity contribution in [3.8, 4) is 0 Å². The van der Waals surface area contributed by atoms with Crippen molar-refractivity contribution in [1.29, 1.82) is 0 Å². The van der Waals surface area contributed by atoms with Gasteiger partial charge in [-0.25, -0.2) is 8.78 Å². The van der Waals surface area contributed by atoms with Gasteiger partial charge in [-0.3, -0.25) is 0 Å². The smallest absolute Gasteiger partial charge is 0.449 e. The van der Waals surface area contributed by atoms with E-state index in [1.54, 1.807) is 0 Å². The van der Waals surface area contributed by atoms with Crippen LogP contribution in [-0.2, 0) is 0 Å². The summed E-state index contributed by atoms with van der Waals surface area (Å²) in [6.07, 6.45) is -1.80. The molecule has 0 aromatic rings. The van der Waals surface area contributed by atoms with Crippen molar-refractivity contribution in [3.05, 3.63) is 0 Å². The SMILES string of the molecule is F[B-](F)(F)CCC1CC1(F)F. The van der Waals surface area contributed by atoms with E-state index < -0.39 is 31.6 Å². The number of hydrogen-bond acceptors (Lipinski definition) is 0. The predicted octanol–water partition coefficient (Wildman–Crippen LogP) is 2.88. The summed E-state index contributed by atoms with van der Waals surface area (Å²) in [5, 5.41) is 0. The summed E-state index contributed by atoms with van der Waals surface area (Å²) in [5.74, 6) is -3.81. The Kier molecular flexibility index (Phi) is 1.88. The number of rotatable bonds is 3. The molecular weight excluding hydrogens is 166 g/mol. The van der Waals surface area contributed by atoms with Crippen LogP contribution in [0.5, 0.6) is 0 Å². The van der Waals surface area contributed by atoms with Gasteiger partial charge in [0.15, 0.2) is 0 Å². The fourth-order valence-electron chi connectivity index (χ4n) is 0.973. The lowest BCUT2D eigenvalue weighted by Crippen LogP contribution is -2.14. The molecule has 0 N–H and O–H groups in total. The quantitative estimate of drug-likeness (QED) is 0.454. The van der Waals surface area contributed by atoms with Crippen molar-refractivity contribution in [3.63, 3.8) is 0 Å². The molecule has 1 fully saturated rings. The third-order valence-corrected chi connectivity index (χ3v) is 1.80. The monoisotopic (exact) mass is 173 g/mol. The fraction of sp³-hybridized carbons (Fsp3) is 1.00. The number of hydrogen-bond donors (Lipinski definition) is 0. The van der Waals surface area contributed by atoms with Gasteiger partial charge in [0.1, 0.15) is 0 Å². The highest BCUT2D eigenvalue weighted by molar-refractivity contribution is 6.58. The maximum absolute atomic E-state index is 12.0. The zero-order chi connectivity index (χ0) is 8.70. The summed E-state index contributed by atoms with van der Waals surface area (Å²) < 4.78 is 58.6. The van der Waals surface area contributed by atoms with Crippen LogP contribution in [0.3, 0.4) is 0 Å². The molecule has 11 heavy (non-hydrogen) atoms. The molecule has 1 saturated carbocycles. The van der Waals surface area contributed by atoms with Crippen molar-refractivity contribution in [2.24, 2.45) is 5.92 Å². The molecule has 1 aliphatic carbocycles. The molecule has 0 bridgehead atoms. The van der Waals surface area contributed by atoms with Crippen LogP contribution in [0, 0.1) is 5.92 Å². The Hall–Kier alpha value is -0.285. The Morgan fingerprint density at radius 1 is 1.27 bits per heavy atom. The van der Waals surface area contributed by atoms with Crippen LogP contribution in [-0.4, -0.2) is 12.9 Å². The average Bonchev–Trinajstić information content (AvgIpc) is 2.33. The molecule has 66 valence electrons. The lowest BCUT2D eigenvalue weighted by atomic mass is 9.83. The first-order valence-corrected chi connectivity index (χ1v) is 3.40. The molecule has 0 aliphatic heterocycles. The Morgan fingerprint density at radius 2 is 1.73 bits per heavy atom. The van der Waals surface area contributed by atoms with Gasteiger partial charge in [0.05, 0.1) is 0 Å². The summed E-state index contributed by atoms with van der Waals surface area (Å²) >= 11 is 0. The van der Waals surface area contributed by atoms with Gasteiger partial charge in [-0.05, 0) is 0 Å². The predicted molar refractivity (Wildman–Crippen MR) is 31.6 cm³/mol. The van der Waals surface area contributed by atoms with Gasteiger partial charge in [-0.15, -0.1) is 0 Å². The first-order valence-electron chi connectivity index (χ1n) is 3.40. The van der Waals surface area contributed by atoms with Gasteiger partial charge in [0, 0.05) is 12.3 Å². The Morgan fingerprint density at radius 3 is 2.00 bits per heavy atom. The van der Waals surface area contributed by atoms with Gasteiger partial charge in [0.2, 0.25) is 0 Å². The van der Waals surface area contributed by atoms with E-state index in [4.69, 9.17) is 0 Å². The maximum Gasteiger partial charge on any atom is 0.478 e. The fourth-order valence-corrected chi connectivity index (χ4v) is 0.973. The van der Waals surface area contributed by atoms with Crippen LogP contribution >= 0.6 is 0 Å². The summed E-state index contributed by atoms with van der Waals surface area (Å²) in [6.45, 7) is -4.87. The second-order valence-electron chi connectivity index (χ2n) is 2.95. The van der Waals surface area contributed by atoms with Gasteiger partial charge >= 0.3 is 6.98 Å². The second-order valence-corrected chi connectivity index (χ2v) is 2.95. The Labute approximate surface area is 60.8 Å². The summed E-state index contributed by atoms with van der Waals surface area (Å²) in [6, 6.07) is 0. The molecule has 1 atom stereocenters. The van der Waals surface area contributed by atoms with Crippen molar-refractivity contribution >= 4 is 6.98 Å². The van der Waals surface area contributed by atoms with Crippen LogP contribution in [0.4, 0.5) is 21.7 Å². The van der Waals surface area contributed by atoms with Crippen molar-refractivity contribution in [2.45, 2.75) is 25.1 Å². The first-order chi connectivity index (χ1) is 4.81. The molecular formula is C5H7BF5-. The van der Waals surface area contributed by atoms with Crippen molar-refractivity contribution < 1.29 is 21.7 Å². The summed E-state index contributed by atoms with van der Waals surface area (Å²) in [7, 11) is 0. The van der Waals surface area contributed by atoms with Crippen LogP contribution < -0.4 is 0 Å². The van der Waals surface area contributed by atoms with Crippen molar-refractivity contribution in [2.75, 3.05) is 0 Å². The summed E-state index contributed by atoms with van der Waals surface area (Å²) in [4.78, 5) is 0. The summed E-state index contributed by atoms with van der Waals surface area (Å²) in [5.41, 5.74) is 0. The molecule has 1 aliphatic rings. The highest BCUT2D eigenvalue weighted by atomic mass is 19.4. The first kappa shape index (κ1) is 8.81. The zero-order valence-corrected chi connectivity index (χ0v) is 5.67. The molecule has 0 aromatic heterocycles. The third-order valence-electron chi connectivity index (χ3n) is 1.80. The van der Waals surface area contributed by atoms with E-state index in [2.05, 4.69) is 0 Å².